The molecule has 0 radical (unpaired) electrons. The summed E-state index contributed by atoms with van der Waals surface area (Å²) in [6.07, 6.45) is 4.10. The number of pyridine rings is 2. The van der Waals surface area contributed by atoms with Gasteiger partial charge in [0.2, 0.25) is 5.69 Å². The molecule has 1 aliphatic carbocycles. The van der Waals surface area contributed by atoms with Gasteiger partial charge in [-0.1, -0.05) is 58.0 Å². The van der Waals surface area contributed by atoms with Gasteiger partial charge in [0.05, 0.1) is 11.1 Å². The molecule has 0 bridgehead atoms. The van der Waals surface area contributed by atoms with E-state index >= 15 is 0 Å². The number of benzene rings is 2. The second kappa shape index (κ2) is 6.50. The Bertz CT molecular complexity index is 1360. The van der Waals surface area contributed by atoms with Crippen LogP contribution < -0.4 is 4.57 Å². The molecular formula is C29H31N2+. The molecule has 1 aliphatic rings. The molecule has 31 heavy (non-hydrogen) atoms. The van der Waals surface area contributed by atoms with Crippen LogP contribution in [0.5, 0.6) is 0 Å². The molecule has 0 N–H and O–H groups in total. The molecule has 0 spiro atoms. The smallest absolute Gasteiger partial charge is 0.213 e. The van der Waals surface area contributed by atoms with Crippen LogP contribution in [-0.2, 0) is 17.9 Å². The van der Waals surface area contributed by atoms with Crippen molar-refractivity contribution in [3.8, 4) is 22.4 Å². The highest BCUT2D eigenvalue weighted by molar-refractivity contribution is 5.95. The molecule has 2 nitrogen and oxygen atoms in total. The van der Waals surface area contributed by atoms with Crippen molar-refractivity contribution < 1.29 is 4.57 Å². The topological polar surface area (TPSA) is 16.8 Å². The maximum atomic E-state index is 4.85. The minimum Gasteiger partial charge on any atom is -0.256 e. The third-order valence-electron chi connectivity index (χ3n) is 7.85. The minimum atomic E-state index is -0.0892. The first-order chi connectivity index (χ1) is 14.6. The van der Waals surface area contributed by atoms with Crippen molar-refractivity contribution in [2.75, 3.05) is 0 Å². The van der Waals surface area contributed by atoms with E-state index < -0.39 is 0 Å². The molecule has 5 rings (SSSR count). The average Bonchev–Trinajstić information content (AvgIpc) is 2.73. The van der Waals surface area contributed by atoms with Gasteiger partial charge in [0.15, 0.2) is 6.20 Å². The predicted octanol–water partition coefficient (Wildman–Crippen LogP) is 6.58. The Hall–Kier alpha value is -3.00. The number of rotatable bonds is 1. The number of aryl methyl sites for hydroxylation is 3. The Morgan fingerprint density at radius 2 is 1.48 bits per heavy atom. The lowest BCUT2D eigenvalue weighted by Gasteiger charge is -2.49. The Morgan fingerprint density at radius 1 is 0.806 bits per heavy atom. The van der Waals surface area contributed by atoms with Gasteiger partial charge < -0.3 is 0 Å². The van der Waals surface area contributed by atoms with E-state index in [2.05, 4.69) is 102 Å². The molecule has 2 heteroatoms. The zero-order chi connectivity index (χ0) is 22.1. The fraction of sp³-hybridized carbons (Fsp3) is 0.310. The molecule has 0 unspecified atom stereocenters. The first-order valence-electron chi connectivity index (χ1n) is 11.1. The molecule has 0 atom stereocenters. The van der Waals surface area contributed by atoms with E-state index in [1.54, 1.807) is 0 Å². The molecule has 4 aromatic rings. The first-order valence-corrected chi connectivity index (χ1v) is 11.1. The fourth-order valence-corrected chi connectivity index (χ4v) is 5.46. The van der Waals surface area contributed by atoms with E-state index in [-0.39, 0.29) is 10.8 Å². The highest BCUT2D eigenvalue weighted by Gasteiger charge is 2.49. The maximum Gasteiger partial charge on any atom is 0.213 e. The third kappa shape index (κ3) is 2.64. The van der Waals surface area contributed by atoms with Crippen LogP contribution in [0.15, 0.2) is 60.9 Å². The standard InChI is InChI=1S/C29H31N2/c1-18-14-16-31(7)23(17-18)24-19(2)10-12-21-22-13-11-20-9-8-15-30-27(20)26(22)29(5,6)28(3,4)25(21)24/h8-17H,1-7H3/q+1. The molecule has 0 fully saturated rings. The van der Waals surface area contributed by atoms with Gasteiger partial charge in [0, 0.05) is 34.5 Å². The summed E-state index contributed by atoms with van der Waals surface area (Å²) < 4.78 is 2.26. The van der Waals surface area contributed by atoms with Crippen molar-refractivity contribution in [2.45, 2.75) is 52.4 Å². The summed E-state index contributed by atoms with van der Waals surface area (Å²) in [6.45, 7) is 14.0. The summed E-state index contributed by atoms with van der Waals surface area (Å²) >= 11 is 0. The molecule has 2 aromatic carbocycles. The van der Waals surface area contributed by atoms with E-state index in [1.807, 2.05) is 12.3 Å². The van der Waals surface area contributed by atoms with Crippen molar-refractivity contribution in [1.82, 2.24) is 4.98 Å². The van der Waals surface area contributed by atoms with Crippen molar-refractivity contribution in [3.63, 3.8) is 0 Å². The first kappa shape index (κ1) is 19.9. The SMILES string of the molecule is Cc1cc[n+](C)c(-c2c(C)ccc3c2C(C)(C)C(C)(C)c2c-3ccc3cccnc23)c1. The number of nitrogens with zero attached hydrogens (tertiary/aromatic N) is 2. The van der Waals surface area contributed by atoms with Gasteiger partial charge in [0.1, 0.15) is 7.05 Å². The lowest BCUT2D eigenvalue weighted by atomic mass is 9.54. The Morgan fingerprint density at radius 3 is 2.26 bits per heavy atom. The van der Waals surface area contributed by atoms with Gasteiger partial charge in [-0.3, -0.25) is 4.98 Å². The number of hydrogen-bond donors (Lipinski definition) is 0. The van der Waals surface area contributed by atoms with Gasteiger partial charge in [-0.05, 0) is 53.3 Å². The number of hydrogen-bond acceptors (Lipinski definition) is 1. The minimum absolute atomic E-state index is 0.0841. The van der Waals surface area contributed by atoms with E-state index in [9.17, 15) is 0 Å². The van der Waals surface area contributed by atoms with Crippen LogP contribution in [0.3, 0.4) is 0 Å². The highest BCUT2D eigenvalue weighted by atomic mass is 14.9. The van der Waals surface area contributed by atoms with Crippen LogP contribution in [0.1, 0.15) is 49.9 Å². The van der Waals surface area contributed by atoms with Crippen LogP contribution in [0.4, 0.5) is 0 Å². The quantitative estimate of drug-likeness (QED) is 0.326. The molecule has 156 valence electrons. The third-order valence-corrected chi connectivity index (χ3v) is 7.85. The summed E-state index contributed by atoms with van der Waals surface area (Å²) in [5, 5.41) is 1.21. The van der Waals surface area contributed by atoms with Crippen LogP contribution in [-0.4, -0.2) is 4.98 Å². The van der Waals surface area contributed by atoms with E-state index in [0.29, 0.717) is 0 Å². The van der Waals surface area contributed by atoms with E-state index in [0.717, 1.165) is 5.52 Å². The molecule has 0 amide bonds. The zero-order valence-electron chi connectivity index (χ0n) is 19.7. The monoisotopic (exact) mass is 407 g/mol. The summed E-state index contributed by atoms with van der Waals surface area (Å²) in [4.78, 5) is 4.85. The second-order valence-corrected chi connectivity index (χ2v) is 10.2. The van der Waals surface area contributed by atoms with Gasteiger partial charge in [-0.25, -0.2) is 4.57 Å². The van der Waals surface area contributed by atoms with Crippen molar-refractivity contribution in [2.24, 2.45) is 7.05 Å². The van der Waals surface area contributed by atoms with Crippen LogP contribution in [0.25, 0.3) is 33.3 Å². The summed E-state index contributed by atoms with van der Waals surface area (Å²) in [7, 11) is 2.15. The molecular weight excluding hydrogens is 376 g/mol. The number of aromatic nitrogens is 2. The van der Waals surface area contributed by atoms with E-state index in [4.69, 9.17) is 4.98 Å². The average molecular weight is 408 g/mol. The van der Waals surface area contributed by atoms with Crippen molar-refractivity contribution in [1.29, 1.82) is 0 Å². The van der Waals surface area contributed by atoms with Gasteiger partial charge in [0.25, 0.3) is 0 Å². The van der Waals surface area contributed by atoms with Crippen molar-refractivity contribution in [3.05, 3.63) is 83.2 Å². The molecule has 2 heterocycles. The largest absolute Gasteiger partial charge is 0.256 e. The lowest BCUT2D eigenvalue weighted by Crippen LogP contribution is -2.45. The van der Waals surface area contributed by atoms with E-state index in [1.165, 1.54) is 50.0 Å². The summed E-state index contributed by atoms with van der Waals surface area (Å²) in [5.41, 5.74) is 11.7. The summed E-state index contributed by atoms with van der Waals surface area (Å²) in [5.74, 6) is 0. The van der Waals surface area contributed by atoms with Gasteiger partial charge in [-0.2, -0.15) is 0 Å². The fourth-order valence-electron chi connectivity index (χ4n) is 5.46. The normalized spacial score (nSPS) is 16.1. The molecule has 0 saturated carbocycles. The lowest BCUT2D eigenvalue weighted by molar-refractivity contribution is -0.660. The zero-order valence-corrected chi connectivity index (χ0v) is 19.7. The van der Waals surface area contributed by atoms with Crippen LogP contribution in [0.2, 0.25) is 0 Å². The Balaban J connectivity index is 1.97. The van der Waals surface area contributed by atoms with Crippen LogP contribution >= 0.6 is 0 Å². The highest BCUT2D eigenvalue weighted by Crippen LogP contribution is 2.57. The molecule has 2 aromatic heterocycles. The van der Waals surface area contributed by atoms with Crippen molar-refractivity contribution >= 4 is 10.9 Å². The summed E-state index contributed by atoms with van der Waals surface area (Å²) in [6, 6.07) is 17.9. The predicted molar refractivity (Wildman–Crippen MR) is 129 cm³/mol. The van der Waals surface area contributed by atoms with Crippen LogP contribution in [0, 0.1) is 13.8 Å². The Labute approximate surface area is 185 Å². The second-order valence-electron chi connectivity index (χ2n) is 10.2. The molecule has 0 aliphatic heterocycles. The maximum absolute atomic E-state index is 4.85. The van der Waals surface area contributed by atoms with Gasteiger partial charge in [-0.15, -0.1) is 0 Å². The Kier molecular flexibility index (Phi) is 4.18. The van der Waals surface area contributed by atoms with Gasteiger partial charge >= 0.3 is 0 Å². The molecule has 0 saturated heterocycles. The number of fused-ring (bicyclic) bond motifs is 5.